The lowest BCUT2D eigenvalue weighted by Gasteiger charge is -2.21. The van der Waals surface area contributed by atoms with Gasteiger partial charge >= 0.3 is 0 Å². The number of unbranched alkanes of at least 4 members (excludes halogenated alkanes) is 3. The first kappa shape index (κ1) is 25.9. The van der Waals surface area contributed by atoms with E-state index in [1.807, 2.05) is 30.2 Å². The van der Waals surface area contributed by atoms with Crippen LogP contribution in [0, 0.1) is 6.92 Å². The van der Waals surface area contributed by atoms with E-state index in [0.29, 0.717) is 0 Å². The molecule has 4 nitrogen and oxygen atoms in total. The SMILES string of the molecule is C=CCN(C)CCCCCCOc1ccc(N(C)C(=S)NCCc2ccc(C)cc2)cc1. The van der Waals surface area contributed by atoms with Crippen LogP contribution in [0.2, 0.25) is 0 Å². The Morgan fingerprint density at radius 2 is 1.69 bits per heavy atom. The molecule has 0 bridgehead atoms. The van der Waals surface area contributed by atoms with E-state index in [2.05, 4.69) is 67.2 Å². The van der Waals surface area contributed by atoms with Crippen LogP contribution in [-0.2, 0) is 6.42 Å². The minimum atomic E-state index is 0.726. The van der Waals surface area contributed by atoms with E-state index in [0.717, 1.165) is 55.6 Å². The molecule has 0 radical (unpaired) electrons. The van der Waals surface area contributed by atoms with Crippen LogP contribution in [0.25, 0.3) is 0 Å². The molecule has 0 aliphatic rings. The van der Waals surface area contributed by atoms with Crippen LogP contribution in [0.15, 0.2) is 61.2 Å². The van der Waals surface area contributed by atoms with Gasteiger partial charge in [-0.05, 0) is 81.8 Å². The summed E-state index contributed by atoms with van der Waals surface area (Å²) in [5.41, 5.74) is 3.65. The summed E-state index contributed by atoms with van der Waals surface area (Å²) in [5, 5.41) is 4.08. The minimum absolute atomic E-state index is 0.726. The summed E-state index contributed by atoms with van der Waals surface area (Å²) in [5.74, 6) is 0.908. The van der Waals surface area contributed by atoms with Crippen molar-refractivity contribution in [2.24, 2.45) is 0 Å². The Hall–Kier alpha value is -2.37. The van der Waals surface area contributed by atoms with Gasteiger partial charge in [0.05, 0.1) is 6.61 Å². The largest absolute Gasteiger partial charge is 0.494 e. The molecular weight excluding hydrogens is 414 g/mol. The van der Waals surface area contributed by atoms with E-state index in [-0.39, 0.29) is 0 Å². The van der Waals surface area contributed by atoms with E-state index in [1.165, 1.54) is 30.4 Å². The lowest BCUT2D eigenvalue weighted by molar-refractivity contribution is 0.300. The van der Waals surface area contributed by atoms with Crippen LogP contribution in [-0.4, -0.2) is 50.3 Å². The van der Waals surface area contributed by atoms with Gasteiger partial charge in [0.15, 0.2) is 5.11 Å². The molecule has 32 heavy (non-hydrogen) atoms. The van der Waals surface area contributed by atoms with Crippen LogP contribution >= 0.6 is 12.2 Å². The van der Waals surface area contributed by atoms with Crippen molar-refractivity contribution >= 4 is 23.0 Å². The van der Waals surface area contributed by atoms with Gasteiger partial charge in [0.2, 0.25) is 0 Å². The van der Waals surface area contributed by atoms with Crippen molar-refractivity contribution in [3.8, 4) is 5.75 Å². The van der Waals surface area contributed by atoms with Gasteiger partial charge in [-0.3, -0.25) is 0 Å². The fraction of sp³-hybridized carbons (Fsp3) is 0.444. The predicted molar refractivity (Wildman–Crippen MR) is 142 cm³/mol. The molecule has 2 aromatic carbocycles. The van der Waals surface area contributed by atoms with Crippen LogP contribution < -0.4 is 15.0 Å². The number of nitrogens with zero attached hydrogens (tertiary/aromatic N) is 2. The number of anilines is 1. The maximum Gasteiger partial charge on any atom is 0.173 e. The summed E-state index contributed by atoms with van der Waals surface area (Å²) in [7, 11) is 4.13. The summed E-state index contributed by atoms with van der Waals surface area (Å²) >= 11 is 5.55. The Labute approximate surface area is 200 Å². The van der Waals surface area contributed by atoms with Crippen LogP contribution in [0.1, 0.15) is 36.8 Å². The van der Waals surface area contributed by atoms with E-state index in [9.17, 15) is 0 Å². The van der Waals surface area contributed by atoms with Crippen LogP contribution in [0.5, 0.6) is 5.75 Å². The monoisotopic (exact) mass is 453 g/mol. The lowest BCUT2D eigenvalue weighted by Crippen LogP contribution is -2.38. The molecule has 1 N–H and O–H groups in total. The highest BCUT2D eigenvalue weighted by Crippen LogP contribution is 2.19. The maximum atomic E-state index is 5.90. The van der Waals surface area contributed by atoms with Crippen LogP contribution in [0.4, 0.5) is 5.69 Å². The number of aryl methyl sites for hydroxylation is 1. The molecule has 0 heterocycles. The van der Waals surface area contributed by atoms with Crippen molar-refractivity contribution in [1.29, 1.82) is 0 Å². The van der Waals surface area contributed by atoms with Crippen molar-refractivity contribution in [2.75, 3.05) is 45.2 Å². The zero-order valence-electron chi connectivity index (χ0n) is 20.0. The molecule has 2 aromatic rings. The number of hydrogen-bond donors (Lipinski definition) is 1. The van der Waals surface area contributed by atoms with Crippen molar-refractivity contribution in [2.45, 2.75) is 39.0 Å². The Morgan fingerprint density at radius 3 is 2.38 bits per heavy atom. The summed E-state index contributed by atoms with van der Waals surface area (Å²) < 4.78 is 5.90. The van der Waals surface area contributed by atoms with Gasteiger partial charge in [-0.25, -0.2) is 0 Å². The molecule has 0 atom stereocenters. The third-order valence-electron chi connectivity index (χ3n) is 5.48. The molecule has 0 amide bonds. The summed E-state index contributed by atoms with van der Waals surface area (Å²) in [4.78, 5) is 4.30. The van der Waals surface area contributed by atoms with E-state index in [1.54, 1.807) is 0 Å². The summed E-state index contributed by atoms with van der Waals surface area (Å²) in [6, 6.07) is 16.8. The number of benzene rings is 2. The Kier molecular flexibility index (Phi) is 11.8. The predicted octanol–water partition coefficient (Wildman–Crippen LogP) is 5.61. The van der Waals surface area contributed by atoms with Gasteiger partial charge in [-0.2, -0.15) is 0 Å². The molecule has 0 aromatic heterocycles. The number of hydrogen-bond acceptors (Lipinski definition) is 3. The third kappa shape index (κ3) is 9.84. The lowest BCUT2D eigenvalue weighted by atomic mass is 10.1. The smallest absolute Gasteiger partial charge is 0.173 e. The molecular formula is C27H39N3OS. The van der Waals surface area contributed by atoms with Gasteiger partial charge in [0.1, 0.15) is 5.75 Å². The molecule has 0 unspecified atom stereocenters. The van der Waals surface area contributed by atoms with Crippen molar-refractivity contribution < 1.29 is 4.74 Å². The van der Waals surface area contributed by atoms with Gasteiger partial charge in [0.25, 0.3) is 0 Å². The normalized spacial score (nSPS) is 10.8. The Balaban J connectivity index is 1.62. The second kappa shape index (κ2) is 14.6. The number of thiocarbonyl (C=S) groups is 1. The average molecular weight is 454 g/mol. The van der Waals surface area contributed by atoms with Gasteiger partial charge in [-0.1, -0.05) is 48.7 Å². The molecule has 2 rings (SSSR count). The minimum Gasteiger partial charge on any atom is -0.494 e. The quantitative estimate of drug-likeness (QED) is 0.228. The molecule has 5 heteroatoms. The van der Waals surface area contributed by atoms with Crippen LogP contribution in [0.3, 0.4) is 0 Å². The number of likely N-dealkylation sites (N-methyl/N-ethyl adjacent to an activating group) is 1. The third-order valence-corrected chi connectivity index (χ3v) is 5.90. The van der Waals surface area contributed by atoms with E-state index in [4.69, 9.17) is 17.0 Å². The second-order valence-corrected chi connectivity index (χ2v) is 8.72. The highest BCUT2D eigenvalue weighted by molar-refractivity contribution is 7.80. The van der Waals surface area contributed by atoms with Crippen molar-refractivity contribution in [3.05, 3.63) is 72.3 Å². The summed E-state index contributed by atoms with van der Waals surface area (Å²) in [6.07, 6.45) is 7.65. The fourth-order valence-corrected chi connectivity index (χ4v) is 3.62. The maximum absolute atomic E-state index is 5.90. The van der Waals surface area contributed by atoms with E-state index < -0.39 is 0 Å². The van der Waals surface area contributed by atoms with Crippen molar-refractivity contribution in [1.82, 2.24) is 10.2 Å². The highest BCUT2D eigenvalue weighted by atomic mass is 32.1. The molecule has 0 aliphatic heterocycles. The molecule has 0 fully saturated rings. The standard InChI is InChI=1S/C27H39N3OS/c1-5-20-29(3)21-8-6-7-9-22-31-26-16-14-25(15-17-26)30(4)27(32)28-19-18-24-12-10-23(2)11-13-24/h5,10-17H,1,6-9,18-22H2,2-4H3,(H,28,32). The van der Waals surface area contributed by atoms with Gasteiger partial charge < -0.3 is 19.9 Å². The fourth-order valence-electron chi connectivity index (χ4n) is 3.41. The van der Waals surface area contributed by atoms with Gasteiger partial charge in [0, 0.05) is 25.8 Å². The Morgan fingerprint density at radius 1 is 1.00 bits per heavy atom. The van der Waals surface area contributed by atoms with E-state index >= 15 is 0 Å². The zero-order valence-corrected chi connectivity index (χ0v) is 20.8. The zero-order chi connectivity index (χ0) is 23.2. The molecule has 0 saturated heterocycles. The average Bonchev–Trinajstić information content (AvgIpc) is 2.80. The summed E-state index contributed by atoms with van der Waals surface area (Å²) in [6.45, 7) is 9.55. The molecule has 0 aliphatic carbocycles. The highest BCUT2D eigenvalue weighted by Gasteiger charge is 2.07. The first-order valence-corrected chi connectivity index (χ1v) is 12.0. The molecule has 0 saturated carbocycles. The first-order chi connectivity index (χ1) is 15.5. The van der Waals surface area contributed by atoms with Gasteiger partial charge in [-0.15, -0.1) is 6.58 Å². The number of ether oxygens (including phenoxy) is 1. The Bertz CT molecular complexity index is 805. The topological polar surface area (TPSA) is 27.7 Å². The molecule has 174 valence electrons. The number of rotatable bonds is 14. The first-order valence-electron chi connectivity index (χ1n) is 11.6. The number of nitrogens with one attached hydrogen (secondary N) is 1. The van der Waals surface area contributed by atoms with Crippen molar-refractivity contribution in [3.63, 3.8) is 0 Å². The second-order valence-electron chi connectivity index (χ2n) is 8.33. The molecule has 0 spiro atoms.